The van der Waals surface area contributed by atoms with E-state index >= 15 is 0 Å². The molecule has 0 spiro atoms. The molecule has 1 aliphatic rings. The summed E-state index contributed by atoms with van der Waals surface area (Å²) in [7, 11) is 1.69. The van der Waals surface area contributed by atoms with Crippen molar-refractivity contribution >= 4 is 17.4 Å². The minimum atomic E-state index is -0.538. The summed E-state index contributed by atoms with van der Waals surface area (Å²) in [5, 5.41) is 3.23. The molecule has 18 heavy (non-hydrogen) atoms. The summed E-state index contributed by atoms with van der Waals surface area (Å²) < 4.78 is 5.39. The van der Waals surface area contributed by atoms with Gasteiger partial charge in [0.2, 0.25) is 0 Å². The number of rotatable bonds is 4. The Labute approximate surface area is 106 Å². The fraction of sp³-hybridized carbons (Fsp3) is 0.500. The Hall–Kier alpha value is -1.82. The molecule has 0 aliphatic heterocycles. The third kappa shape index (κ3) is 2.53. The molecule has 1 amide bonds. The molecule has 1 saturated carbocycles. The summed E-state index contributed by atoms with van der Waals surface area (Å²) in [4.78, 5) is 15.5. The van der Waals surface area contributed by atoms with Crippen LogP contribution in [-0.4, -0.2) is 30.1 Å². The van der Waals surface area contributed by atoms with E-state index in [4.69, 9.17) is 16.2 Å². The number of aromatic nitrogens is 1. The van der Waals surface area contributed by atoms with E-state index in [1.165, 1.54) is 12.3 Å². The number of nitrogens with one attached hydrogen (secondary N) is 1. The second-order valence-electron chi connectivity index (χ2n) is 4.48. The number of hydrogen-bond donors (Lipinski definition) is 3. The summed E-state index contributed by atoms with van der Waals surface area (Å²) in [6.07, 6.45) is 4.74. The zero-order chi connectivity index (χ0) is 13.1. The average Bonchev–Trinajstić information content (AvgIpc) is 2.78. The third-order valence-electron chi connectivity index (χ3n) is 3.25. The largest absolute Gasteiger partial charge is 0.397 e. The number of ether oxygens (including phenoxy) is 1. The van der Waals surface area contributed by atoms with Crippen molar-refractivity contribution in [3.8, 4) is 0 Å². The van der Waals surface area contributed by atoms with Gasteiger partial charge < -0.3 is 21.5 Å². The Bertz CT molecular complexity index is 450. The molecule has 98 valence electrons. The van der Waals surface area contributed by atoms with Gasteiger partial charge in [-0.2, -0.15) is 0 Å². The molecule has 2 unspecified atom stereocenters. The van der Waals surface area contributed by atoms with Crippen LogP contribution in [0.25, 0.3) is 0 Å². The molecule has 1 fully saturated rings. The molecular weight excluding hydrogens is 232 g/mol. The fourth-order valence-electron chi connectivity index (χ4n) is 2.33. The van der Waals surface area contributed by atoms with Gasteiger partial charge >= 0.3 is 0 Å². The predicted molar refractivity (Wildman–Crippen MR) is 69.2 cm³/mol. The van der Waals surface area contributed by atoms with Crippen LogP contribution in [0.4, 0.5) is 11.5 Å². The van der Waals surface area contributed by atoms with Gasteiger partial charge in [0.1, 0.15) is 5.82 Å². The summed E-state index contributed by atoms with van der Waals surface area (Å²) in [5.41, 5.74) is 11.7. The number of amides is 1. The maximum atomic E-state index is 11.4. The van der Waals surface area contributed by atoms with Gasteiger partial charge in [0.05, 0.1) is 29.6 Å². The molecule has 2 rings (SSSR count). The summed E-state index contributed by atoms with van der Waals surface area (Å²) in [6, 6.07) is 1.69. The topological polar surface area (TPSA) is 103 Å². The van der Waals surface area contributed by atoms with Gasteiger partial charge in [-0.05, 0) is 25.3 Å². The third-order valence-corrected chi connectivity index (χ3v) is 3.25. The summed E-state index contributed by atoms with van der Waals surface area (Å²) in [5.74, 6) is -0.0603. The number of carbonyl (C=O) groups is 1. The van der Waals surface area contributed by atoms with E-state index < -0.39 is 5.91 Å². The van der Waals surface area contributed by atoms with Crippen molar-refractivity contribution in [2.24, 2.45) is 5.73 Å². The van der Waals surface area contributed by atoms with Crippen molar-refractivity contribution in [2.45, 2.75) is 31.4 Å². The number of anilines is 2. The Morgan fingerprint density at radius 1 is 1.56 bits per heavy atom. The first-order valence-electron chi connectivity index (χ1n) is 5.96. The number of hydrogen-bond acceptors (Lipinski definition) is 5. The van der Waals surface area contributed by atoms with Gasteiger partial charge in [-0.15, -0.1) is 0 Å². The van der Waals surface area contributed by atoms with E-state index in [1.807, 2.05) is 0 Å². The molecule has 6 heteroatoms. The SMILES string of the molecule is COC1CCCC1Nc1ncc(N)cc1C(N)=O. The zero-order valence-electron chi connectivity index (χ0n) is 10.3. The van der Waals surface area contributed by atoms with Crippen LogP contribution in [0.5, 0.6) is 0 Å². The van der Waals surface area contributed by atoms with E-state index in [2.05, 4.69) is 10.3 Å². The van der Waals surface area contributed by atoms with Crippen molar-refractivity contribution < 1.29 is 9.53 Å². The normalized spacial score (nSPS) is 22.9. The van der Waals surface area contributed by atoms with Crippen LogP contribution >= 0.6 is 0 Å². The lowest BCUT2D eigenvalue weighted by molar-refractivity contribution is 0.0989. The first-order chi connectivity index (χ1) is 8.61. The number of primary amides is 1. The molecule has 0 bridgehead atoms. The number of nitrogen functional groups attached to an aromatic ring is 1. The van der Waals surface area contributed by atoms with Crippen LogP contribution in [0.15, 0.2) is 12.3 Å². The highest BCUT2D eigenvalue weighted by molar-refractivity contribution is 5.98. The van der Waals surface area contributed by atoms with Gasteiger partial charge in [0, 0.05) is 7.11 Å². The number of nitrogens with two attached hydrogens (primary N) is 2. The van der Waals surface area contributed by atoms with Gasteiger partial charge in [0.25, 0.3) is 5.91 Å². The van der Waals surface area contributed by atoms with Crippen molar-refractivity contribution in [3.63, 3.8) is 0 Å². The monoisotopic (exact) mass is 250 g/mol. The number of nitrogens with zero attached hydrogens (tertiary/aromatic N) is 1. The highest BCUT2D eigenvalue weighted by Gasteiger charge is 2.28. The van der Waals surface area contributed by atoms with Crippen LogP contribution in [0.3, 0.4) is 0 Å². The number of pyridine rings is 1. The van der Waals surface area contributed by atoms with Crippen LogP contribution in [0, 0.1) is 0 Å². The smallest absolute Gasteiger partial charge is 0.252 e. The van der Waals surface area contributed by atoms with Crippen molar-refractivity contribution in [1.29, 1.82) is 0 Å². The summed E-state index contributed by atoms with van der Waals surface area (Å²) >= 11 is 0. The minimum Gasteiger partial charge on any atom is -0.397 e. The zero-order valence-corrected chi connectivity index (χ0v) is 10.3. The van der Waals surface area contributed by atoms with E-state index in [0.717, 1.165) is 19.3 Å². The molecule has 0 saturated heterocycles. The average molecular weight is 250 g/mol. The van der Waals surface area contributed by atoms with Crippen LogP contribution in [-0.2, 0) is 4.74 Å². The quantitative estimate of drug-likeness (QED) is 0.731. The number of carbonyl (C=O) groups excluding carboxylic acids is 1. The minimum absolute atomic E-state index is 0.144. The van der Waals surface area contributed by atoms with Gasteiger partial charge in [-0.25, -0.2) is 4.98 Å². The van der Waals surface area contributed by atoms with Crippen LogP contribution in [0.2, 0.25) is 0 Å². The van der Waals surface area contributed by atoms with E-state index in [-0.39, 0.29) is 12.1 Å². The lowest BCUT2D eigenvalue weighted by atomic mass is 10.1. The Kier molecular flexibility index (Phi) is 3.66. The predicted octanol–water partition coefficient (Wildman–Crippen LogP) is 0.742. The van der Waals surface area contributed by atoms with Crippen molar-refractivity contribution in [2.75, 3.05) is 18.2 Å². The van der Waals surface area contributed by atoms with Crippen molar-refractivity contribution in [1.82, 2.24) is 4.98 Å². The first kappa shape index (κ1) is 12.6. The molecule has 6 nitrogen and oxygen atoms in total. The van der Waals surface area contributed by atoms with Crippen LogP contribution in [0.1, 0.15) is 29.6 Å². The maximum absolute atomic E-state index is 11.4. The Morgan fingerprint density at radius 2 is 2.33 bits per heavy atom. The molecular formula is C12H18N4O2. The molecule has 0 aromatic carbocycles. The molecule has 0 radical (unpaired) electrons. The summed E-state index contributed by atoms with van der Waals surface area (Å²) in [6.45, 7) is 0. The highest BCUT2D eigenvalue weighted by atomic mass is 16.5. The fourth-order valence-corrected chi connectivity index (χ4v) is 2.33. The molecule has 1 aromatic rings. The Morgan fingerprint density at radius 3 is 3.00 bits per heavy atom. The van der Waals surface area contributed by atoms with E-state index in [0.29, 0.717) is 17.1 Å². The standard InChI is InChI=1S/C12H18N4O2/c1-18-10-4-2-3-9(10)16-12-8(11(14)17)5-7(13)6-15-12/h5-6,9-10H,2-4,13H2,1H3,(H2,14,17)(H,15,16). The van der Waals surface area contributed by atoms with Crippen LogP contribution < -0.4 is 16.8 Å². The second-order valence-corrected chi connectivity index (χ2v) is 4.48. The number of methoxy groups -OCH3 is 1. The van der Waals surface area contributed by atoms with Crippen molar-refractivity contribution in [3.05, 3.63) is 17.8 Å². The molecule has 2 atom stereocenters. The van der Waals surface area contributed by atoms with E-state index in [1.54, 1.807) is 7.11 Å². The lowest BCUT2D eigenvalue weighted by Gasteiger charge is -2.21. The van der Waals surface area contributed by atoms with Gasteiger partial charge in [-0.1, -0.05) is 0 Å². The molecule has 1 aromatic heterocycles. The van der Waals surface area contributed by atoms with Gasteiger partial charge in [0.15, 0.2) is 0 Å². The lowest BCUT2D eigenvalue weighted by Crippen LogP contribution is -2.31. The highest BCUT2D eigenvalue weighted by Crippen LogP contribution is 2.26. The Balaban J connectivity index is 2.20. The molecule has 5 N–H and O–H groups in total. The van der Waals surface area contributed by atoms with Gasteiger partial charge in [-0.3, -0.25) is 4.79 Å². The molecule has 1 heterocycles. The second kappa shape index (κ2) is 5.22. The van der Waals surface area contributed by atoms with E-state index in [9.17, 15) is 4.79 Å². The first-order valence-corrected chi connectivity index (χ1v) is 5.96. The maximum Gasteiger partial charge on any atom is 0.252 e. The molecule has 1 aliphatic carbocycles.